The van der Waals surface area contributed by atoms with Crippen LogP contribution < -0.4 is 9.88 Å². The number of rotatable bonds is 3. The van der Waals surface area contributed by atoms with Gasteiger partial charge in [-0.1, -0.05) is 0 Å². The average molecular weight is 301 g/mol. The van der Waals surface area contributed by atoms with Gasteiger partial charge in [-0.3, -0.25) is 10.1 Å². The van der Waals surface area contributed by atoms with Gasteiger partial charge in [0.25, 0.3) is 15.0 Å². The van der Waals surface area contributed by atoms with Gasteiger partial charge < -0.3 is 4.74 Å². The van der Waals surface area contributed by atoms with E-state index in [0.29, 0.717) is 6.07 Å². The fraction of sp³-hybridized carbons (Fsp3) is 0.286. The van der Waals surface area contributed by atoms with Crippen molar-refractivity contribution in [2.24, 2.45) is 5.14 Å². The highest BCUT2D eigenvalue weighted by Gasteiger charge is 2.38. The second-order valence-corrected chi connectivity index (χ2v) is 4.74. The molecule has 0 spiro atoms. The van der Waals surface area contributed by atoms with Gasteiger partial charge in [-0.15, -0.1) is 13.2 Å². The molecule has 1 rings (SSSR count). The Morgan fingerprint density at radius 2 is 2.00 bits per heavy atom. The van der Waals surface area contributed by atoms with Gasteiger partial charge in [-0.2, -0.15) is 0 Å². The predicted molar refractivity (Wildman–Crippen MR) is 53.7 cm³/mol. The van der Waals surface area contributed by atoms with E-state index in [9.17, 15) is 31.7 Å². The Balaban J connectivity index is 3.64. The summed E-state index contributed by atoms with van der Waals surface area (Å²) in [5, 5.41) is 14.1. The summed E-state index contributed by atoms with van der Waals surface area (Å²) < 4.78 is 61.9. The highest BCUT2D eigenvalue weighted by molar-refractivity contribution is 7.89. The van der Waals surface area contributed by atoms with Crippen LogP contribution in [0.2, 0.25) is 0 Å². The molecule has 0 bridgehead atoms. The van der Waals surface area contributed by atoms with Crippen LogP contribution >= 0.6 is 0 Å². The number of hydrogen-bond donors (Lipinski definition) is 1. The summed E-state index contributed by atoms with van der Waals surface area (Å²) in [6.07, 6.45) is -5.23. The van der Waals surface area contributed by atoms with E-state index in [0.717, 1.165) is 6.92 Å². The number of nitro groups is 1. The zero-order valence-corrected chi connectivity index (χ0v) is 9.95. The van der Waals surface area contributed by atoms with E-state index in [2.05, 4.69) is 14.9 Å². The van der Waals surface area contributed by atoms with E-state index in [1.54, 1.807) is 0 Å². The number of nitrogens with two attached hydrogens (primary N) is 1. The molecule has 0 aliphatic carbocycles. The zero-order chi connectivity index (χ0) is 15.0. The number of halogens is 3. The Morgan fingerprint density at radius 3 is 2.37 bits per heavy atom. The zero-order valence-electron chi connectivity index (χ0n) is 9.13. The lowest BCUT2D eigenvalue weighted by Crippen LogP contribution is -2.21. The molecule has 0 saturated carbocycles. The van der Waals surface area contributed by atoms with Gasteiger partial charge in [0.05, 0.1) is 4.92 Å². The van der Waals surface area contributed by atoms with E-state index < -0.39 is 37.8 Å². The summed E-state index contributed by atoms with van der Waals surface area (Å²) in [4.78, 5) is 12.6. The molecule has 0 fully saturated rings. The number of pyridine rings is 1. The summed E-state index contributed by atoms with van der Waals surface area (Å²) in [5.41, 5.74) is -1.71. The van der Waals surface area contributed by atoms with Crippen molar-refractivity contribution in [1.29, 1.82) is 0 Å². The molecule has 0 aliphatic rings. The molecule has 0 unspecified atom stereocenters. The normalized spacial score (nSPS) is 12.3. The predicted octanol–water partition coefficient (Wildman–Crippen LogP) is 0.844. The summed E-state index contributed by atoms with van der Waals surface area (Å²) in [6, 6.07) is 0.584. The maximum absolute atomic E-state index is 12.1. The second kappa shape index (κ2) is 4.62. The van der Waals surface area contributed by atoms with Crippen molar-refractivity contribution in [3.8, 4) is 5.75 Å². The van der Waals surface area contributed by atoms with Gasteiger partial charge in [0.1, 0.15) is 0 Å². The van der Waals surface area contributed by atoms with Crippen molar-refractivity contribution in [3.05, 3.63) is 21.9 Å². The average Bonchev–Trinajstić information content (AvgIpc) is 2.11. The maximum atomic E-state index is 12.1. The summed E-state index contributed by atoms with van der Waals surface area (Å²) in [5.74, 6) is -1.30. The van der Waals surface area contributed by atoms with Gasteiger partial charge in [0, 0.05) is 11.8 Å². The molecule has 2 N–H and O–H groups in total. The molecule has 1 aromatic rings. The first-order valence-corrected chi connectivity index (χ1v) is 5.91. The molecule has 0 aliphatic heterocycles. The van der Waals surface area contributed by atoms with Gasteiger partial charge in [0.2, 0.25) is 5.75 Å². The van der Waals surface area contributed by atoms with Crippen LogP contribution in [0.5, 0.6) is 5.75 Å². The van der Waals surface area contributed by atoms with Crippen molar-refractivity contribution in [1.82, 2.24) is 4.98 Å². The smallest absolute Gasteiger partial charge is 0.398 e. The minimum Gasteiger partial charge on any atom is -0.398 e. The lowest BCUT2D eigenvalue weighted by molar-refractivity contribution is -0.392. The summed E-state index contributed by atoms with van der Waals surface area (Å²) >= 11 is 0. The number of hydrogen-bond acceptors (Lipinski definition) is 6. The highest BCUT2D eigenvalue weighted by atomic mass is 32.2. The highest BCUT2D eigenvalue weighted by Crippen LogP contribution is 2.36. The monoisotopic (exact) mass is 301 g/mol. The molecule has 8 nitrogen and oxygen atoms in total. The quantitative estimate of drug-likeness (QED) is 0.651. The molecule has 19 heavy (non-hydrogen) atoms. The minimum atomic E-state index is -5.23. The van der Waals surface area contributed by atoms with Gasteiger partial charge >= 0.3 is 12.0 Å². The molecule has 106 valence electrons. The van der Waals surface area contributed by atoms with Crippen LogP contribution in [-0.2, 0) is 10.0 Å². The largest absolute Gasteiger partial charge is 0.573 e. The van der Waals surface area contributed by atoms with Crippen LogP contribution in [0.4, 0.5) is 18.9 Å². The molecule has 1 aromatic heterocycles. The van der Waals surface area contributed by atoms with Gasteiger partial charge in [-0.05, 0) is 6.92 Å². The fourth-order valence-corrected chi connectivity index (χ4v) is 1.89. The van der Waals surface area contributed by atoms with E-state index in [1.165, 1.54) is 0 Å². The first-order chi connectivity index (χ1) is 8.42. The van der Waals surface area contributed by atoms with Crippen LogP contribution in [0, 0.1) is 17.0 Å². The standard InChI is InChI=1S/C7H6F3N3O5S/c1-3-2-4(18-7(8,9)10)5(13(14)15)6(12-3)19(11,16)17/h2H,1H3,(H2,11,16,17). The number of alkyl halides is 3. The molecule has 12 heteroatoms. The Labute approximate surface area is 104 Å². The second-order valence-electron chi connectivity index (χ2n) is 3.27. The van der Waals surface area contributed by atoms with Crippen LogP contribution in [0.25, 0.3) is 0 Å². The minimum absolute atomic E-state index is 0.242. The van der Waals surface area contributed by atoms with Crippen LogP contribution in [0.3, 0.4) is 0 Å². The summed E-state index contributed by atoms with van der Waals surface area (Å²) in [7, 11) is -4.68. The molecule has 0 saturated heterocycles. The van der Waals surface area contributed by atoms with E-state index in [4.69, 9.17) is 0 Å². The van der Waals surface area contributed by atoms with Crippen molar-refractivity contribution in [2.75, 3.05) is 0 Å². The van der Waals surface area contributed by atoms with Gasteiger partial charge in [0.15, 0.2) is 0 Å². The number of primary sulfonamides is 1. The summed E-state index contributed by atoms with van der Waals surface area (Å²) in [6.45, 7) is 1.13. The first kappa shape index (κ1) is 15.1. The van der Waals surface area contributed by atoms with Crippen molar-refractivity contribution in [2.45, 2.75) is 18.3 Å². The Kier molecular flexibility index (Phi) is 3.67. The van der Waals surface area contributed by atoms with Crippen molar-refractivity contribution < 1.29 is 31.2 Å². The third kappa shape index (κ3) is 3.75. The van der Waals surface area contributed by atoms with E-state index in [-0.39, 0.29) is 5.69 Å². The SMILES string of the molecule is Cc1cc(OC(F)(F)F)c([N+](=O)[O-])c(S(N)(=O)=O)n1. The molecule has 0 radical (unpaired) electrons. The fourth-order valence-electron chi connectivity index (χ4n) is 1.18. The Morgan fingerprint density at radius 1 is 1.47 bits per heavy atom. The van der Waals surface area contributed by atoms with Crippen LogP contribution in [0.1, 0.15) is 5.69 Å². The van der Waals surface area contributed by atoms with E-state index >= 15 is 0 Å². The topological polar surface area (TPSA) is 125 Å². The molecular formula is C7H6F3N3O5S. The molecule has 0 atom stereocenters. The molecule has 0 amide bonds. The number of aryl methyl sites for hydroxylation is 1. The lowest BCUT2D eigenvalue weighted by Gasteiger charge is -2.11. The molecule has 0 aromatic carbocycles. The number of sulfonamides is 1. The van der Waals surface area contributed by atoms with E-state index in [1.807, 2.05) is 0 Å². The number of aromatic nitrogens is 1. The van der Waals surface area contributed by atoms with Crippen LogP contribution in [-0.4, -0.2) is 24.7 Å². The lowest BCUT2D eigenvalue weighted by atomic mass is 10.3. The van der Waals surface area contributed by atoms with Gasteiger partial charge in [-0.25, -0.2) is 18.5 Å². The Bertz CT molecular complexity index is 628. The molecule has 1 heterocycles. The maximum Gasteiger partial charge on any atom is 0.573 e. The Hall–Kier alpha value is -1.95. The van der Waals surface area contributed by atoms with Crippen molar-refractivity contribution >= 4 is 15.7 Å². The third-order valence-corrected chi connectivity index (χ3v) is 2.56. The van der Waals surface area contributed by atoms with Crippen molar-refractivity contribution in [3.63, 3.8) is 0 Å². The number of nitrogens with zero attached hydrogens (tertiary/aromatic N) is 2. The third-order valence-electron chi connectivity index (χ3n) is 1.73. The number of ether oxygens (including phenoxy) is 1. The van der Waals surface area contributed by atoms with Crippen LogP contribution in [0.15, 0.2) is 11.1 Å². The molecular weight excluding hydrogens is 295 g/mol. The first-order valence-electron chi connectivity index (χ1n) is 4.36.